The monoisotopic (exact) mass is 411 g/mol. The average molecular weight is 411 g/mol. The van der Waals surface area contributed by atoms with E-state index in [1.54, 1.807) is 7.11 Å². The van der Waals surface area contributed by atoms with E-state index in [9.17, 15) is 4.79 Å². The first-order valence-corrected chi connectivity index (χ1v) is 10.1. The van der Waals surface area contributed by atoms with Gasteiger partial charge in [0.25, 0.3) is 0 Å². The third-order valence-corrected chi connectivity index (χ3v) is 5.63. The van der Waals surface area contributed by atoms with Crippen LogP contribution in [0, 0.1) is 0 Å². The van der Waals surface area contributed by atoms with E-state index in [4.69, 9.17) is 14.2 Å². The van der Waals surface area contributed by atoms with Gasteiger partial charge in [-0.25, -0.2) is 4.98 Å². The maximum atomic E-state index is 12.2. The molecular formula is C21H21N3O4S. The van der Waals surface area contributed by atoms with E-state index in [2.05, 4.69) is 10.3 Å². The highest BCUT2D eigenvalue weighted by molar-refractivity contribution is 7.99. The van der Waals surface area contributed by atoms with Crippen molar-refractivity contribution in [3.63, 3.8) is 0 Å². The van der Waals surface area contributed by atoms with Crippen LogP contribution in [0.5, 0.6) is 17.2 Å². The van der Waals surface area contributed by atoms with Crippen molar-refractivity contribution >= 4 is 17.7 Å². The highest BCUT2D eigenvalue weighted by atomic mass is 32.2. The molecule has 0 bridgehead atoms. The smallest absolute Gasteiger partial charge is 0.231 e. The predicted molar refractivity (Wildman–Crippen MR) is 110 cm³/mol. The summed E-state index contributed by atoms with van der Waals surface area (Å²) in [5, 5.41) is 3.71. The molecule has 8 heteroatoms. The quantitative estimate of drug-likeness (QED) is 0.602. The first-order chi connectivity index (χ1) is 14.1. The van der Waals surface area contributed by atoms with Gasteiger partial charge in [0.05, 0.1) is 24.8 Å². The van der Waals surface area contributed by atoms with Crippen LogP contribution in [0.3, 0.4) is 0 Å². The van der Waals surface area contributed by atoms with Gasteiger partial charge in [-0.2, -0.15) is 0 Å². The molecule has 0 spiro atoms. The highest BCUT2D eigenvalue weighted by Crippen LogP contribution is 2.32. The van der Waals surface area contributed by atoms with Gasteiger partial charge in [0, 0.05) is 19.2 Å². The molecule has 3 aromatic rings. The van der Waals surface area contributed by atoms with Crippen molar-refractivity contribution in [3.05, 3.63) is 54.2 Å². The largest absolute Gasteiger partial charge is 0.497 e. The molecule has 29 heavy (non-hydrogen) atoms. The number of carbonyl (C=O) groups is 1. The van der Waals surface area contributed by atoms with E-state index in [1.165, 1.54) is 11.8 Å². The maximum absolute atomic E-state index is 12.2. The van der Waals surface area contributed by atoms with Crippen LogP contribution in [0.2, 0.25) is 0 Å². The van der Waals surface area contributed by atoms with E-state index in [0.717, 1.165) is 33.5 Å². The molecular weight excluding hydrogens is 390 g/mol. The molecule has 1 aliphatic heterocycles. The lowest BCUT2D eigenvalue weighted by molar-refractivity contribution is -0.118. The summed E-state index contributed by atoms with van der Waals surface area (Å²) in [6.07, 6.45) is 1.81. The van der Waals surface area contributed by atoms with Gasteiger partial charge in [0.2, 0.25) is 12.7 Å². The summed E-state index contributed by atoms with van der Waals surface area (Å²) in [4.78, 5) is 16.7. The Balaban J connectivity index is 1.31. The second-order valence-electron chi connectivity index (χ2n) is 6.47. The summed E-state index contributed by atoms with van der Waals surface area (Å²) in [7, 11) is 3.59. The molecule has 1 amide bonds. The Morgan fingerprint density at radius 2 is 2.00 bits per heavy atom. The number of carbonyl (C=O) groups excluding carboxylic acids is 1. The molecule has 1 N–H and O–H groups in total. The topological polar surface area (TPSA) is 74.6 Å². The van der Waals surface area contributed by atoms with Crippen molar-refractivity contribution < 1.29 is 19.0 Å². The number of amides is 1. The Morgan fingerprint density at radius 3 is 2.79 bits per heavy atom. The number of methoxy groups -OCH3 is 1. The molecule has 1 aromatic heterocycles. The van der Waals surface area contributed by atoms with Crippen molar-refractivity contribution in [2.24, 2.45) is 7.05 Å². The molecule has 2 aromatic carbocycles. The summed E-state index contributed by atoms with van der Waals surface area (Å²) in [6, 6.07) is 13.5. The minimum atomic E-state index is -0.0540. The fraction of sp³-hybridized carbons (Fsp3) is 0.238. The number of imidazole rings is 1. The molecule has 150 valence electrons. The normalized spacial score (nSPS) is 12.1. The first-order valence-electron chi connectivity index (χ1n) is 9.08. The summed E-state index contributed by atoms with van der Waals surface area (Å²) >= 11 is 1.40. The fourth-order valence-corrected chi connectivity index (χ4v) is 3.77. The Kier molecular flexibility index (Phi) is 5.62. The molecule has 0 saturated carbocycles. The number of benzene rings is 2. The third-order valence-electron chi connectivity index (χ3n) is 4.59. The number of rotatable bonds is 7. The Bertz CT molecular complexity index is 1020. The number of thioether (sulfide) groups is 1. The van der Waals surface area contributed by atoms with Crippen molar-refractivity contribution in [1.29, 1.82) is 0 Å². The van der Waals surface area contributed by atoms with Crippen LogP contribution in [-0.2, 0) is 18.4 Å². The lowest BCUT2D eigenvalue weighted by atomic mass is 10.1. The molecule has 1 aliphatic rings. The molecule has 4 rings (SSSR count). The second-order valence-corrected chi connectivity index (χ2v) is 7.41. The maximum Gasteiger partial charge on any atom is 0.231 e. The van der Waals surface area contributed by atoms with Crippen LogP contribution >= 0.6 is 11.8 Å². The molecule has 0 saturated heterocycles. The van der Waals surface area contributed by atoms with Gasteiger partial charge < -0.3 is 24.1 Å². The Hall–Kier alpha value is -3.13. The number of aromatic nitrogens is 2. The van der Waals surface area contributed by atoms with E-state index in [-0.39, 0.29) is 18.5 Å². The lowest BCUT2D eigenvalue weighted by Gasteiger charge is -2.08. The molecule has 0 fully saturated rings. The van der Waals surface area contributed by atoms with Crippen molar-refractivity contribution in [2.45, 2.75) is 11.7 Å². The van der Waals surface area contributed by atoms with Gasteiger partial charge >= 0.3 is 0 Å². The third kappa shape index (κ3) is 4.32. The molecule has 2 heterocycles. The number of nitrogens with zero attached hydrogens (tertiary/aromatic N) is 2. The molecule has 0 atom stereocenters. The summed E-state index contributed by atoms with van der Waals surface area (Å²) in [5.74, 6) is 2.49. The highest BCUT2D eigenvalue weighted by Gasteiger charge is 2.14. The van der Waals surface area contributed by atoms with Crippen molar-refractivity contribution in [2.75, 3.05) is 19.7 Å². The number of nitrogens with one attached hydrogen (secondary N) is 1. The molecule has 0 unspecified atom stereocenters. The second kappa shape index (κ2) is 8.48. The number of fused-ring (bicyclic) bond motifs is 1. The van der Waals surface area contributed by atoms with Crippen LogP contribution in [-0.4, -0.2) is 35.1 Å². The SMILES string of the molecule is COc1ccc(-c2cnc(SCC(=O)NCc3ccc4c(c3)OCO4)n2C)cc1. The van der Waals surface area contributed by atoms with Gasteiger partial charge in [-0.15, -0.1) is 0 Å². The summed E-state index contributed by atoms with van der Waals surface area (Å²) < 4.78 is 17.8. The van der Waals surface area contributed by atoms with Crippen molar-refractivity contribution in [3.8, 4) is 28.5 Å². The van der Waals surface area contributed by atoms with Gasteiger partial charge in [-0.1, -0.05) is 17.8 Å². The molecule has 0 aliphatic carbocycles. The summed E-state index contributed by atoms with van der Waals surface area (Å²) in [5.41, 5.74) is 2.99. The number of ether oxygens (including phenoxy) is 3. The van der Waals surface area contributed by atoms with Gasteiger partial charge in [-0.3, -0.25) is 4.79 Å². The number of hydrogen-bond donors (Lipinski definition) is 1. The lowest BCUT2D eigenvalue weighted by Crippen LogP contribution is -2.24. The fourth-order valence-electron chi connectivity index (χ4n) is 2.99. The average Bonchev–Trinajstić information content (AvgIpc) is 3.36. The van der Waals surface area contributed by atoms with E-state index in [1.807, 2.05) is 60.3 Å². The standard InChI is InChI=1S/C21H21N3O4S/c1-24-17(15-4-6-16(26-2)7-5-15)11-23-21(24)29-12-20(25)22-10-14-3-8-18-19(9-14)28-13-27-18/h3-9,11H,10,12-13H2,1-2H3,(H,22,25). The summed E-state index contributed by atoms with van der Waals surface area (Å²) in [6.45, 7) is 0.678. The number of hydrogen-bond acceptors (Lipinski definition) is 6. The van der Waals surface area contributed by atoms with Crippen molar-refractivity contribution in [1.82, 2.24) is 14.9 Å². The van der Waals surface area contributed by atoms with Crippen LogP contribution in [0.4, 0.5) is 0 Å². The zero-order valence-electron chi connectivity index (χ0n) is 16.2. The van der Waals surface area contributed by atoms with Gasteiger partial charge in [0.1, 0.15) is 5.75 Å². The first kappa shape index (κ1) is 19.2. The van der Waals surface area contributed by atoms with Crippen LogP contribution in [0.15, 0.2) is 53.8 Å². The molecule has 7 nitrogen and oxygen atoms in total. The predicted octanol–water partition coefficient (Wildman–Crippen LogP) is 3.23. The Morgan fingerprint density at radius 1 is 1.21 bits per heavy atom. The zero-order valence-corrected chi connectivity index (χ0v) is 17.0. The zero-order chi connectivity index (χ0) is 20.2. The Labute approximate surface area is 173 Å². The van der Waals surface area contributed by atoms with E-state index >= 15 is 0 Å². The minimum Gasteiger partial charge on any atom is -0.497 e. The van der Waals surface area contributed by atoms with Gasteiger partial charge in [-0.05, 0) is 42.0 Å². The van der Waals surface area contributed by atoms with Crippen LogP contribution < -0.4 is 19.5 Å². The van der Waals surface area contributed by atoms with Crippen LogP contribution in [0.1, 0.15) is 5.56 Å². The van der Waals surface area contributed by atoms with Crippen LogP contribution in [0.25, 0.3) is 11.3 Å². The molecule has 0 radical (unpaired) electrons. The van der Waals surface area contributed by atoms with E-state index < -0.39 is 0 Å². The van der Waals surface area contributed by atoms with E-state index in [0.29, 0.717) is 12.3 Å². The van der Waals surface area contributed by atoms with Gasteiger partial charge in [0.15, 0.2) is 16.7 Å². The minimum absolute atomic E-state index is 0.0540.